The standard InChI is InChI=1S/C18H18ClN3O5/c1-11(12-3-5-13(19)6-4-12)21-17(23)10-27-18(24)15-9-14(22(25)26)7-8-16(15)20-2/h3-9,11,20H,10H2,1-2H3,(H,21,23)/t11-/m1/s1. The number of anilines is 1. The predicted octanol–water partition coefficient (Wildman–Crippen LogP) is 3.32. The normalized spacial score (nSPS) is 11.4. The molecule has 0 aliphatic rings. The molecule has 0 unspecified atom stereocenters. The Morgan fingerprint density at radius 2 is 1.89 bits per heavy atom. The molecular formula is C18H18ClN3O5. The zero-order chi connectivity index (χ0) is 20.0. The van der Waals surface area contributed by atoms with Gasteiger partial charge < -0.3 is 15.4 Å². The fraction of sp³-hybridized carbons (Fsp3) is 0.222. The maximum atomic E-state index is 12.2. The third-order valence-electron chi connectivity index (χ3n) is 3.79. The van der Waals surface area contributed by atoms with Crippen LogP contribution in [0.15, 0.2) is 42.5 Å². The molecule has 9 heteroatoms. The van der Waals surface area contributed by atoms with Crippen LogP contribution in [0, 0.1) is 10.1 Å². The molecule has 0 aromatic heterocycles. The lowest BCUT2D eigenvalue weighted by atomic mass is 10.1. The number of nitro benzene ring substituents is 1. The average Bonchev–Trinajstić information content (AvgIpc) is 2.65. The molecule has 0 saturated heterocycles. The summed E-state index contributed by atoms with van der Waals surface area (Å²) in [5.41, 5.74) is 0.933. The molecule has 0 bridgehead atoms. The molecule has 1 atom stereocenters. The second-order valence-electron chi connectivity index (χ2n) is 5.65. The number of carbonyl (C=O) groups is 2. The molecule has 0 saturated carbocycles. The molecule has 1 amide bonds. The van der Waals surface area contributed by atoms with E-state index in [0.29, 0.717) is 10.7 Å². The number of nitrogens with zero attached hydrogens (tertiary/aromatic N) is 1. The number of halogens is 1. The molecule has 27 heavy (non-hydrogen) atoms. The van der Waals surface area contributed by atoms with Crippen LogP contribution in [-0.4, -0.2) is 30.5 Å². The first-order chi connectivity index (χ1) is 12.8. The molecule has 0 radical (unpaired) electrons. The highest BCUT2D eigenvalue weighted by Crippen LogP contribution is 2.22. The van der Waals surface area contributed by atoms with Crippen molar-refractivity contribution >= 4 is 34.9 Å². The Morgan fingerprint density at radius 1 is 1.22 bits per heavy atom. The molecule has 0 heterocycles. The average molecular weight is 392 g/mol. The summed E-state index contributed by atoms with van der Waals surface area (Å²) < 4.78 is 4.99. The number of esters is 1. The third-order valence-corrected chi connectivity index (χ3v) is 4.04. The lowest BCUT2D eigenvalue weighted by Gasteiger charge is -2.15. The highest BCUT2D eigenvalue weighted by Gasteiger charge is 2.19. The fourth-order valence-corrected chi connectivity index (χ4v) is 2.49. The van der Waals surface area contributed by atoms with Gasteiger partial charge >= 0.3 is 5.97 Å². The molecule has 2 aromatic carbocycles. The Morgan fingerprint density at radius 3 is 2.48 bits per heavy atom. The Kier molecular flexibility index (Phi) is 6.73. The van der Waals surface area contributed by atoms with Crippen LogP contribution in [0.4, 0.5) is 11.4 Å². The van der Waals surface area contributed by atoms with E-state index in [1.54, 1.807) is 38.2 Å². The smallest absolute Gasteiger partial charge is 0.341 e. The Balaban J connectivity index is 1.98. The highest BCUT2D eigenvalue weighted by molar-refractivity contribution is 6.30. The molecular weight excluding hydrogens is 374 g/mol. The van der Waals surface area contributed by atoms with Crippen molar-refractivity contribution in [2.45, 2.75) is 13.0 Å². The van der Waals surface area contributed by atoms with Crippen LogP contribution < -0.4 is 10.6 Å². The number of benzene rings is 2. The largest absolute Gasteiger partial charge is 0.452 e. The second-order valence-corrected chi connectivity index (χ2v) is 6.09. The lowest BCUT2D eigenvalue weighted by Crippen LogP contribution is -2.31. The number of rotatable bonds is 7. The van der Waals surface area contributed by atoms with Gasteiger partial charge in [0.05, 0.1) is 16.5 Å². The Bertz CT molecular complexity index is 855. The van der Waals surface area contributed by atoms with E-state index in [1.807, 2.05) is 0 Å². The van der Waals surface area contributed by atoms with Gasteiger partial charge in [0, 0.05) is 29.9 Å². The second kappa shape index (κ2) is 9.00. The summed E-state index contributed by atoms with van der Waals surface area (Å²) >= 11 is 5.83. The van der Waals surface area contributed by atoms with E-state index in [-0.39, 0.29) is 17.3 Å². The lowest BCUT2D eigenvalue weighted by molar-refractivity contribution is -0.384. The van der Waals surface area contributed by atoms with Crippen LogP contribution in [0.5, 0.6) is 0 Å². The summed E-state index contributed by atoms with van der Waals surface area (Å²) in [4.78, 5) is 34.5. The molecule has 0 aliphatic heterocycles. The first kappa shape index (κ1) is 20.2. The number of hydrogen-bond acceptors (Lipinski definition) is 6. The first-order valence-electron chi connectivity index (χ1n) is 8.00. The van der Waals surface area contributed by atoms with Gasteiger partial charge in [-0.05, 0) is 30.7 Å². The number of hydrogen-bond donors (Lipinski definition) is 2. The van der Waals surface area contributed by atoms with Crippen LogP contribution in [-0.2, 0) is 9.53 Å². The maximum absolute atomic E-state index is 12.2. The van der Waals surface area contributed by atoms with E-state index >= 15 is 0 Å². The van der Waals surface area contributed by atoms with E-state index in [9.17, 15) is 19.7 Å². The quantitative estimate of drug-likeness (QED) is 0.425. The minimum atomic E-state index is -0.836. The summed E-state index contributed by atoms with van der Waals surface area (Å²) in [6, 6.07) is 10.4. The number of carbonyl (C=O) groups excluding carboxylic acids is 2. The number of ether oxygens (including phenoxy) is 1. The molecule has 0 aliphatic carbocycles. The first-order valence-corrected chi connectivity index (χ1v) is 8.37. The highest BCUT2D eigenvalue weighted by atomic mass is 35.5. The van der Waals surface area contributed by atoms with Crippen LogP contribution in [0.25, 0.3) is 0 Å². The van der Waals surface area contributed by atoms with E-state index in [0.717, 1.165) is 11.6 Å². The van der Waals surface area contributed by atoms with Crippen LogP contribution in [0.1, 0.15) is 28.9 Å². The number of amides is 1. The minimum absolute atomic E-state index is 0.0229. The zero-order valence-corrected chi connectivity index (χ0v) is 15.4. The molecule has 2 aromatic rings. The summed E-state index contributed by atoms with van der Waals surface area (Å²) in [6.45, 7) is 1.27. The number of nitro groups is 1. The number of nitrogens with one attached hydrogen (secondary N) is 2. The molecule has 8 nitrogen and oxygen atoms in total. The monoisotopic (exact) mass is 391 g/mol. The topological polar surface area (TPSA) is 111 Å². The van der Waals surface area contributed by atoms with Gasteiger partial charge in [-0.1, -0.05) is 23.7 Å². The minimum Gasteiger partial charge on any atom is -0.452 e. The summed E-state index contributed by atoms with van der Waals surface area (Å²) in [7, 11) is 1.57. The molecule has 0 spiro atoms. The van der Waals surface area contributed by atoms with Gasteiger partial charge in [0.2, 0.25) is 0 Å². The van der Waals surface area contributed by atoms with Crippen molar-refractivity contribution in [2.75, 3.05) is 19.0 Å². The molecule has 142 valence electrons. The van der Waals surface area contributed by atoms with Gasteiger partial charge in [-0.15, -0.1) is 0 Å². The van der Waals surface area contributed by atoms with Gasteiger partial charge in [-0.3, -0.25) is 14.9 Å². The van der Waals surface area contributed by atoms with Crippen molar-refractivity contribution in [2.24, 2.45) is 0 Å². The van der Waals surface area contributed by atoms with Gasteiger partial charge in [0.25, 0.3) is 11.6 Å². The fourth-order valence-electron chi connectivity index (χ4n) is 2.36. The summed E-state index contributed by atoms with van der Waals surface area (Å²) in [5, 5.41) is 16.9. The zero-order valence-electron chi connectivity index (χ0n) is 14.7. The number of non-ortho nitro benzene ring substituents is 1. The van der Waals surface area contributed by atoms with Crippen molar-refractivity contribution in [3.05, 3.63) is 68.7 Å². The van der Waals surface area contributed by atoms with Gasteiger partial charge in [0.15, 0.2) is 6.61 Å². The Hall–Kier alpha value is -3.13. The van der Waals surface area contributed by atoms with Crippen molar-refractivity contribution in [3.63, 3.8) is 0 Å². The van der Waals surface area contributed by atoms with Gasteiger partial charge in [0.1, 0.15) is 0 Å². The summed E-state index contributed by atoms with van der Waals surface area (Å²) in [6.07, 6.45) is 0. The van der Waals surface area contributed by atoms with Crippen LogP contribution in [0.2, 0.25) is 5.02 Å². The van der Waals surface area contributed by atoms with Crippen LogP contribution in [0.3, 0.4) is 0 Å². The van der Waals surface area contributed by atoms with Crippen LogP contribution >= 0.6 is 11.6 Å². The molecule has 2 rings (SSSR count). The Labute approximate surface area is 160 Å². The molecule has 0 fully saturated rings. The van der Waals surface area contributed by atoms with Crippen molar-refractivity contribution < 1.29 is 19.2 Å². The predicted molar refractivity (Wildman–Crippen MR) is 101 cm³/mol. The van der Waals surface area contributed by atoms with Crippen molar-refractivity contribution in [1.29, 1.82) is 0 Å². The van der Waals surface area contributed by atoms with Crippen molar-refractivity contribution in [3.8, 4) is 0 Å². The van der Waals surface area contributed by atoms with Gasteiger partial charge in [-0.2, -0.15) is 0 Å². The van der Waals surface area contributed by atoms with E-state index in [1.165, 1.54) is 12.1 Å². The maximum Gasteiger partial charge on any atom is 0.341 e. The summed E-state index contributed by atoms with van der Waals surface area (Å²) in [5.74, 6) is -1.33. The third kappa shape index (κ3) is 5.42. The van der Waals surface area contributed by atoms with Gasteiger partial charge in [-0.25, -0.2) is 4.79 Å². The SMILES string of the molecule is CNc1ccc([N+](=O)[O-])cc1C(=O)OCC(=O)N[C@H](C)c1ccc(Cl)cc1. The van der Waals surface area contributed by atoms with Crippen molar-refractivity contribution in [1.82, 2.24) is 5.32 Å². The van der Waals surface area contributed by atoms with E-state index in [4.69, 9.17) is 16.3 Å². The molecule has 2 N–H and O–H groups in total. The van der Waals surface area contributed by atoms with E-state index < -0.39 is 23.4 Å². The van der Waals surface area contributed by atoms with E-state index in [2.05, 4.69) is 10.6 Å².